The lowest BCUT2D eigenvalue weighted by Crippen LogP contribution is -2.68. The number of carboxylic acids is 1. The lowest BCUT2D eigenvalue weighted by Gasteiger charge is -2.50. The van der Waals surface area contributed by atoms with Crippen molar-refractivity contribution in [2.75, 3.05) is 25.4 Å². The lowest BCUT2D eigenvalue weighted by atomic mass is 9.74. The smallest absolute Gasteiger partial charge is 0.418 e. The zero-order valence-corrected chi connectivity index (χ0v) is 27.2. The molecule has 1 unspecified atom stereocenters. The largest absolute Gasteiger partial charge is 0.489 e. The van der Waals surface area contributed by atoms with Crippen LogP contribution >= 0.6 is 11.3 Å². The summed E-state index contributed by atoms with van der Waals surface area (Å²) in [5.41, 5.74) is 5.95. The Kier molecular flexibility index (Phi) is 9.64. The first-order chi connectivity index (χ1) is 22.1. The molecule has 2 aliphatic rings. The highest BCUT2D eigenvalue weighted by molar-refractivity contribution is 7.80. The van der Waals surface area contributed by atoms with Gasteiger partial charge in [0.1, 0.15) is 18.1 Å². The molecule has 5 N–H and O–H groups in total. The number of carboxylic acid groups (broad SMARTS) is 1. The minimum absolute atomic E-state index is 0.0136. The summed E-state index contributed by atoms with van der Waals surface area (Å²) < 4.78 is 45.4. The van der Waals surface area contributed by atoms with Gasteiger partial charge in [-0.05, 0) is 31.5 Å². The number of hydroxylamine groups is 2. The predicted molar refractivity (Wildman–Crippen MR) is 165 cm³/mol. The molecule has 19 heteroatoms. The maximum absolute atomic E-state index is 13.3. The number of oxime groups is 1. The number of carbonyl (C=O) groups is 3. The second-order valence-electron chi connectivity index (χ2n) is 11.7. The van der Waals surface area contributed by atoms with Crippen LogP contribution in [0, 0.1) is 11.8 Å². The SMILES string of the molecule is C[n+]1cc(-c2ccc(OCC(O/N=C(\C(=O)C[C@@H]3C(=O)N(OS(=O)(=O)O)C3(C)C)c3csc(N)n3)C(=O)O)cc2)cn1CC1CNC1. The van der Waals surface area contributed by atoms with Crippen molar-refractivity contribution >= 4 is 50.2 Å². The first-order valence-corrected chi connectivity index (χ1v) is 16.6. The molecule has 5 rings (SSSR count). The summed E-state index contributed by atoms with van der Waals surface area (Å²) in [6.07, 6.45) is 1.97. The molecular weight excluding hydrogens is 658 g/mol. The number of aliphatic carboxylic acids is 1. The zero-order chi connectivity index (χ0) is 34.1. The third-order valence-corrected chi connectivity index (χ3v) is 8.94. The lowest BCUT2D eigenvalue weighted by molar-refractivity contribution is -0.754. The van der Waals surface area contributed by atoms with Crippen LogP contribution in [0.5, 0.6) is 5.75 Å². The number of nitrogens with two attached hydrogens (primary N) is 1. The average molecular weight is 693 g/mol. The van der Waals surface area contributed by atoms with Gasteiger partial charge in [-0.1, -0.05) is 17.3 Å². The molecule has 0 saturated carbocycles. The molecule has 1 aromatic carbocycles. The van der Waals surface area contributed by atoms with Crippen molar-refractivity contribution in [2.24, 2.45) is 24.0 Å². The molecular formula is C28H34N7O10S2+. The maximum atomic E-state index is 13.3. The van der Waals surface area contributed by atoms with E-state index in [1.807, 2.05) is 30.1 Å². The Bertz CT molecular complexity index is 1800. The standard InChI is InChI=1S/C28H33N7O10S2/c1-28(2)20(25(37)35(28)45-47(40,41)42)8-22(36)24(21-15-46-27(29)31-21)32-44-23(26(38)39)14-43-19-6-4-17(5-7-19)18-12-33(3)34(13-18)11-16-9-30-10-16/h4-7,12-13,15-16,20,23,30H,8-11,14H2,1-3H3,(H3-,29,31,38,39,40,41,42)/p+1/b32-24-/t20-,23?/m1/s1. The Hall–Kier alpha value is -4.43. The van der Waals surface area contributed by atoms with Crippen molar-refractivity contribution < 1.29 is 51.0 Å². The molecule has 17 nitrogen and oxygen atoms in total. The number of Topliss-reactive ketones (excluding diaryl/α,β-unsaturated/α-hetero) is 1. The second kappa shape index (κ2) is 13.4. The van der Waals surface area contributed by atoms with Crippen molar-refractivity contribution in [1.29, 1.82) is 0 Å². The van der Waals surface area contributed by atoms with E-state index < -0.39 is 64.4 Å². The van der Waals surface area contributed by atoms with Gasteiger partial charge in [-0.2, -0.15) is 18.2 Å². The highest BCUT2D eigenvalue weighted by Crippen LogP contribution is 2.40. The Morgan fingerprint density at radius 1 is 1.26 bits per heavy atom. The summed E-state index contributed by atoms with van der Waals surface area (Å²) >= 11 is 0.994. The third-order valence-electron chi connectivity index (χ3n) is 7.93. The monoisotopic (exact) mass is 692 g/mol. The van der Waals surface area contributed by atoms with Crippen LogP contribution in [0.4, 0.5) is 5.13 Å². The number of ketones is 1. The van der Waals surface area contributed by atoms with Crippen molar-refractivity contribution in [1.82, 2.24) is 20.0 Å². The molecule has 0 spiro atoms. The number of benzene rings is 1. The van der Waals surface area contributed by atoms with Gasteiger partial charge < -0.3 is 25.7 Å². The quantitative estimate of drug-likeness (QED) is 0.0557. The topological polar surface area (TPSA) is 229 Å². The van der Waals surface area contributed by atoms with Crippen LogP contribution in [0.2, 0.25) is 0 Å². The number of ether oxygens (including phenoxy) is 1. The number of hydrogen-bond acceptors (Lipinski definition) is 13. The number of hydrogen-bond donors (Lipinski definition) is 4. The van der Waals surface area contributed by atoms with E-state index in [0.717, 1.165) is 42.1 Å². The summed E-state index contributed by atoms with van der Waals surface area (Å²) in [5.74, 6) is -3.15. The summed E-state index contributed by atoms with van der Waals surface area (Å²) in [6.45, 7) is 5.31. The molecule has 3 aromatic rings. The van der Waals surface area contributed by atoms with Crippen LogP contribution in [-0.4, -0.2) is 87.5 Å². The first-order valence-electron chi connectivity index (χ1n) is 14.3. The molecule has 0 radical (unpaired) electrons. The molecule has 2 aliphatic heterocycles. The highest BCUT2D eigenvalue weighted by atomic mass is 32.3. The van der Waals surface area contributed by atoms with Gasteiger partial charge >= 0.3 is 16.4 Å². The predicted octanol–water partition coefficient (Wildman–Crippen LogP) is 0.421. The Morgan fingerprint density at radius 3 is 2.51 bits per heavy atom. The number of nitrogens with zero attached hydrogens (tertiary/aromatic N) is 5. The fourth-order valence-electron chi connectivity index (χ4n) is 5.10. The number of carbonyl (C=O) groups excluding carboxylic acids is 2. The molecule has 252 valence electrons. The van der Waals surface area contributed by atoms with E-state index in [0.29, 0.717) is 16.7 Å². The number of β-lactam (4-membered cyclic amide) rings is 1. The third kappa shape index (κ3) is 7.76. The molecule has 0 bridgehead atoms. The van der Waals surface area contributed by atoms with Crippen molar-refractivity contribution in [2.45, 2.75) is 38.5 Å². The van der Waals surface area contributed by atoms with Gasteiger partial charge in [0.05, 0.1) is 29.8 Å². The highest BCUT2D eigenvalue weighted by Gasteiger charge is 2.57. The van der Waals surface area contributed by atoms with E-state index in [-0.39, 0.29) is 10.8 Å². The van der Waals surface area contributed by atoms with Crippen molar-refractivity contribution in [3.05, 3.63) is 47.7 Å². The minimum Gasteiger partial charge on any atom is -0.489 e. The maximum Gasteiger partial charge on any atom is 0.418 e. The van der Waals surface area contributed by atoms with Gasteiger partial charge in [0.2, 0.25) is 6.20 Å². The molecule has 2 fully saturated rings. The van der Waals surface area contributed by atoms with Crippen LogP contribution in [0.1, 0.15) is 26.0 Å². The molecule has 2 atom stereocenters. The van der Waals surface area contributed by atoms with Gasteiger partial charge in [0.15, 0.2) is 23.7 Å². The number of nitrogens with one attached hydrogen (secondary N) is 1. The fraction of sp³-hybridized carbons (Fsp3) is 0.429. The molecule has 1 amide bonds. The van der Waals surface area contributed by atoms with Crippen LogP contribution in [-0.2, 0) is 47.5 Å². The van der Waals surface area contributed by atoms with E-state index in [2.05, 4.69) is 30.6 Å². The normalized spacial score (nSPS) is 18.7. The van der Waals surface area contributed by atoms with Crippen LogP contribution in [0.15, 0.2) is 47.2 Å². The fourth-order valence-corrected chi connectivity index (χ4v) is 6.10. The average Bonchev–Trinajstić information content (AvgIpc) is 3.58. The summed E-state index contributed by atoms with van der Waals surface area (Å²) in [7, 11) is -3.00. The summed E-state index contributed by atoms with van der Waals surface area (Å²) in [5, 5.41) is 18.8. The zero-order valence-electron chi connectivity index (χ0n) is 25.6. The van der Waals surface area contributed by atoms with Gasteiger partial charge in [0.25, 0.3) is 12.0 Å². The number of rotatable bonds is 15. The summed E-state index contributed by atoms with van der Waals surface area (Å²) in [6, 6.07) is 7.10. The van der Waals surface area contributed by atoms with Crippen LogP contribution < -0.4 is 20.5 Å². The van der Waals surface area contributed by atoms with E-state index in [1.54, 1.807) is 12.1 Å². The molecule has 0 aliphatic carbocycles. The number of aryl methyl sites for hydroxylation is 1. The number of aromatic nitrogens is 3. The van der Waals surface area contributed by atoms with Gasteiger partial charge in [-0.25, -0.2) is 9.78 Å². The molecule has 47 heavy (non-hydrogen) atoms. The number of amides is 1. The van der Waals surface area contributed by atoms with Crippen molar-refractivity contribution in [3.63, 3.8) is 0 Å². The van der Waals surface area contributed by atoms with Crippen molar-refractivity contribution in [3.8, 4) is 16.9 Å². The summed E-state index contributed by atoms with van der Waals surface area (Å²) in [4.78, 5) is 47.2. The van der Waals surface area contributed by atoms with Crippen LogP contribution in [0.25, 0.3) is 11.1 Å². The van der Waals surface area contributed by atoms with Crippen LogP contribution in [0.3, 0.4) is 0 Å². The number of anilines is 1. The number of thiazole rings is 1. The van der Waals surface area contributed by atoms with Gasteiger partial charge in [-0.15, -0.1) is 20.3 Å². The molecule has 2 saturated heterocycles. The van der Waals surface area contributed by atoms with E-state index >= 15 is 0 Å². The van der Waals surface area contributed by atoms with E-state index in [4.69, 9.17) is 19.9 Å². The van der Waals surface area contributed by atoms with Gasteiger partial charge in [0, 0.05) is 30.8 Å². The van der Waals surface area contributed by atoms with E-state index in [9.17, 15) is 27.9 Å². The second-order valence-corrected chi connectivity index (χ2v) is 13.6. The Balaban J connectivity index is 1.24. The molecule has 4 heterocycles. The molecule has 2 aromatic heterocycles. The van der Waals surface area contributed by atoms with E-state index in [1.165, 1.54) is 19.2 Å². The Morgan fingerprint density at radius 2 is 1.96 bits per heavy atom. The number of nitrogen functional groups attached to an aromatic ring is 1. The first kappa shape index (κ1) is 33.9. The Labute approximate surface area is 273 Å². The van der Waals surface area contributed by atoms with Gasteiger partial charge in [-0.3, -0.25) is 14.1 Å². The minimum atomic E-state index is -4.98.